The highest BCUT2D eigenvalue weighted by Gasteiger charge is 2.36. The highest BCUT2D eigenvalue weighted by molar-refractivity contribution is 5.52. The number of alkyl halides is 3. The van der Waals surface area contributed by atoms with Crippen molar-refractivity contribution < 1.29 is 22.6 Å². The molecule has 0 saturated carbocycles. The average molecular weight is 316 g/mol. The summed E-state index contributed by atoms with van der Waals surface area (Å²) in [6, 6.07) is 2.45. The number of fused-ring (bicyclic) bond motifs is 1. The van der Waals surface area contributed by atoms with Crippen LogP contribution >= 0.6 is 0 Å². The van der Waals surface area contributed by atoms with Crippen molar-refractivity contribution in [3.05, 3.63) is 23.3 Å². The molecule has 2 heterocycles. The highest BCUT2D eigenvalue weighted by atomic mass is 19.4. The number of ether oxygens (including phenoxy) is 2. The van der Waals surface area contributed by atoms with E-state index in [0.717, 1.165) is 32.2 Å². The molecule has 1 saturated heterocycles. The third-order valence-electron chi connectivity index (χ3n) is 4.00. The van der Waals surface area contributed by atoms with E-state index in [4.69, 9.17) is 9.47 Å². The summed E-state index contributed by atoms with van der Waals surface area (Å²) in [6.07, 6.45) is -4.07. The van der Waals surface area contributed by atoms with Crippen LogP contribution in [-0.2, 0) is 12.6 Å². The van der Waals surface area contributed by atoms with Crippen LogP contribution in [0.3, 0.4) is 0 Å². The number of halogens is 3. The Morgan fingerprint density at radius 2 is 1.82 bits per heavy atom. The van der Waals surface area contributed by atoms with Crippen LogP contribution in [0.25, 0.3) is 0 Å². The first-order valence-electron chi connectivity index (χ1n) is 7.47. The van der Waals surface area contributed by atoms with Crippen molar-refractivity contribution >= 4 is 0 Å². The summed E-state index contributed by atoms with van der Waals surface area (Å²) < 4.78 is 50.7. The first-order chi connectivity index (χ1) is 10.6. The Hall–Kier alpha value is -1.47. The lowest BCUT2D eigenvalue weighted by Gasteiger charge is -2.29. The second-order valence-electron chi connectivity index (χ2n) is 5.46. The fraction of sp³-hybridized carbons (Fsp3) is 0.600. The molecule has 0 bridgehead atoms. The van der Waals surface area contributed by atoms with Crippen LogP contribution in [0.4, 0.5) is 13.2 Å². The lowest BCUT2D eigenvalue weighted by molar-refractivity contribution is -0.138. The summed E-state index contributed by atoms with van der Waals surface area (Å²) in [5, 5.41) is 3.23. The molecule has 0 unspecified atom stereocenters. The van der Waals surface area contributed by atoms with Crippen molar-refractivity contribution in [2.45, 2.75) is 12.6 Å². The van der Waals surface area contributed by atoms with E-state index in [1.165, 1.54) is 6.07 Å². The van der Waals surface area contributed by atoms with E-state index in [1.54, 1.807) is 0 Å². The molecule has 1 fully saturated rings. The van der Waals surface area contributed by atoms with Crippen molar-refractivity contribution in [3.8, 4) is 11.5 Å². The first-order valence-corrected chi connectivity index (χ1v) is 7.47. The maximum Gasteiger partial charge on any atom is 0.416 e. The summed E-state index contributed by atoms with van der Waals surface area (Å²) >= 11 is 0. The maximum absolute atomic E-state index is 13.3. The molecule has 1 aromatic rings. The number of hydrogen-bond acceptors (Lipinski definition) is 4. The third kappa shape index (κ3) is 3.30. The number of piperazine rings is 1. The molecular formula is C15H19F3N2O2. The van der Waals surface area contributed by atoms with Gasteiger partial charge < -0.3 is 19.7 Å². The monoisotopic (exact) mass is 316 g/mol. The number of hydrogen-bond donors (Lipinski definition) is 1. The molecule has 0 amide bonds. The Morgan fingerprint density at radius 3 is 2.55 bits per heavy atom. The van der Waals surface area contributed by atoms with Gasteiger partial charge in [-0.05, 0) is 18.6 Å². The predicted molar refractivity (Wildman–Crippen MR) is 75.4 cm³/mol. The molecule has 0 aromatic heterocycles. The number of nitrogens with zero attached hydrogens (tertiary/aromatic N) is 1. The summed E-state index contributed by atoms with van der Waals surface area (Å²) in [4.78, 5) is 2.17. The molecular weight excluding hydrogens is 297 g/mol. The molecule has 122 valence electrons. The van der Waals surface area contributed by atoms with Gasteiger partial charge in [0, 0.05) is 38.3 Å². The van der Waals surface area contributed by atoms with Crippen molar-refractivity contribution in [1.82, 2.24) is 10.2 Å². The van der Waals surface area contributed by atoms with Crippen molar-refractivity contribution in [2.24, 2.45) is 0 Å². The second-order valence-corrected chi connectivity index (χ2v) is 5.46. The predicted octanol–water partition coefficient (Wildman–Crippen LogP) is 1.92. The van der Waals surface area contributed by atoms with Gasteiger partial charge in [-0.25, -0.2) is 0 Å². The van der Waals surface area contributed by atoms with Gasteiger partial charge in [-0.2, -0.15) is 13.2 Å². The lowest BCUT2D eigenvalue weighted by atomic mass is 10.0. The lowest BCUT2D eigenvalue weighted by Crippen LogP contribution is -2.44. The van der Waals surface area contributed by atoms with E-state index in [0.29, 0.717) is 25.3 Å². The van der Waals surface area contributed by atoms with E-state index >= 15 is 0 Å². The minimum absolute atomic E-state index is 0.211. The van der Waals surface area contributed by atoms with Gasteiger partial charge in [-0.3, -0.25) is 0 Å². The molecule has 1 N–H and O–H groups in total. The first kappa shape index (κ1) is 15.4. The largest absolute Gasteiger partial charge is 0.486 e. The topological polar surface area (TPSA) is 33.7 Å². The summed E-state index contributed by atoms with van der Waals surface area (Å²) in [5.41, 5.74) is -0.407. The minimum Gasteiger partial charge on any atom is -0.486 e. The standard InChI is InChI=1S/C15H19F3N2O2/c16-15(17,18)12-1-2-13-14(22-10-9-21-13)11(12)3-6-20-7-4-19-5-8-20/h1-2,19H,3-10H2. The normalized spacial score (nSPS) is 19.2. The summed E-state index contributed by atoms with van der Waals surface area (Å²) in [7, 11) is 0. The molecule has 0 aliphatic carbocycles. The van der Waals surface area contributed by atoms with Crippen LogP contribution in [0.5, 0.6) is 11.5 Å². The Morgan fingerprint density at radius 1 is 1.09 bits per heavy atom. The zero-order chi connectivity index (χ0) is 15.6. The maximum atomic E-state index is 13.3. The van der Waals surface area contributed by atoms with Gasteiger partial charge in [-0.1, -0.05) is 0 Å². The molecule has 0 radical (unpaired) electrons. The highest BCUT2D eigenvalue weighted by Crippen LogP contribution is 2.42. The van der Waals surface area contributed by atoms with E-state index < -0.39 is 11.7 Å². The quantitative estimate of drug-likeness (QED) is 0.924. The molecule has 3 rings (SSSR count). The summed E-state index contributed by atoms with van der Waals surface area (Å²) in [6.45, 7) is 4.70. The number of benzene rings is 1. The van der Waals surface area contributed by atoms with Gasteiger partial charge in [-0.15, -0.1) is 0 Å². The number of rotatable bonds is 3. The molecule has 2 aliphatic heterocycles. The molecule has 2 aliphatic rings. The molecule has 4 nitrogen and oxygen atoms in total. The molecule has 1 aromatic carbocycles. The fourth-order valence-corrected chi connectivity index (χ4v) is 2.89. The van der Waals surface area contributed by atoms with Crippen LogP contribution < -0.4 is 14.8 Å². The van der Waals surface area contributed by atoms with Crippen molar-refractivity contribution in [2.75, 3.05) is 45.9 Å². The smallest absolute Gasteiger partial charge is 0.416 e. The van der Waals surface area contributed by atoms with Crippen LogP contribution in [-0.4, -0.2) is 50.8 Å². The molecule has 22 heavy (non-hydrogen) atoms. The van der Waals surface area contributed by atoms with Gasteiger partial charge in [0.2, 0.25) is 0 Å². The second kappa shape index (κ2) is 6.34. The van der Waals surface area contributed by atoms with Crippen molar-refractivity contribution in [3.63, 3.8) is 0 Å². The SMILES string of the molecule is FC(F)(F)c1ccc2c(c1CCN1CCNCC1)OCCO2. The van der Waals surface area contributed by atoms with Crippen LogP contribution in [0.15, 0.2) is 12.1 Å². The Bertz CT molecular complexity index is 528. The van der Waals surface area contributed by atoms with Gasteiger partial charge in [0.15, 0.2) is 11.5 Å². The van der Waals surface area contributed by atoms with E-state index in [-0.39, 0.29) is 17.9 Å². The van der Waals surface area contributed by atoms with Crippen LogP contribution in [0.1, 0.15) is 11.1 Å². The Labute approximate surface area is 127 Å². The minimum atomic E-state index is -4.38. The molecule has 0 spiro atoms. The van der Waals surface area contributed by atoms with Crippen LogP contribution in [0, 0.1) is 0 Å². The zero-order valence-corrected chi connectivity index (χ0v) is 12.2. The Kier molecular flexibility index (Phi) is 4.44. The average Bonchev–Trinajstić information content (AvgIpc) is 2.52. The van der Waals surface area contributed by atoms with E-state index in [1.807, 2.05) is 0 Å². The zero-order valence-electron chi connectivity index (χ0n) is 12.2. The third-order valence-corrected chi connectivity index (χ3v) is 4.00. The molecule has 7 heteroatoms. The molecule has 0 atom stereocenters. The van der Waals surface area contributed by atoms with E-state index in [2.05, 4.69) is 10.2 Å². The van der Waals surface area contributed by atoms with E-state index in [9.17, 15) is 13.2 Å². The number of nitrogens with one attached hydrogen (secondary N) is 1. The van der Waals surface area contributed by atoms with Gasteiger partial charge in [0.05, 0.1) is 5.56 Å². The Balaban J connectivity index is 1.85. The summed E-state index contributed by atoms with van der Waals surface area (Å²) in [5.74, 6) is 0.672. The van der Waals surface area contributed by atoms with Crippen LogP contribution in [0.2, 0.25) is 0 Å². The fourth-order valence-electron chi connectivity index (χ4n) is 2.89. The van der Waals surface area contributed by atoms with Crippen molar-refractivity contribution in [1.29, 1.82) is 0 Å². The van der Waals surface area contributed by atoms with Gasteiger partial charge >= 0.3 is 6.18 Å². The van der Waals surface area contributed by atoms with Gasteiger partial charge in [0.1, 0.15) is 13.2 Å². The van der Waals surface area contributed by atoms with Gasteiger partial charge in [0.25, 0.3) is 0 Å².